The molecule has 0 radical (unpaired) electrons. The molecular weight excluding hydrogens is 438 g/mol. The Kier molecular flexibility index (Phi) is 7.16. The van der Waals surface area contributed by atoms with Gasteiger partial charge in [0.1, 0.15) is 16.4 Å². The van der Waals surface area contributed by atoms with Crippen molar-refractivity contribution in [3.05, 3.63) is 70.3 Å². The quantitative estimate of drug-likeness (QED) is 0.213. The van der Waals surface area contributed by atoms with E-state index in [2.05, 4.69) is 10.6 Å². The fraction of sp³-hybridized carbons (Fsp3) is 0.143. The minimum absolute atomic E-state index is 0.0975. The fourth-order valence-corrected chi connectivity index (χ4v) is 4.07. The first-order valence-electron chi connectivity index (χ1n) is 9.19. The molecule has 31 heavy (non-hydrogen) atoms. The van der Waals surface area contributed by atoms with Gasteiger partial charge < -0.3 is 20.1 Å². The number of thiocarbonyl (C=S) groups is 1. The minimum Gasteiger partial charge on any atom is -0.496 e. The van der Waals surface area contributed by atoms with Gasteiger partial charge in [-0.3, -0.25) is 10.1 Å². The Balaban J connectivity index is 1.88. The van der Waals surface area contributed by atoms with Crippen molar-refractivity contribution in [2.75, 3.05) is 24.4 Å². The second-order valence-corrected chi connectivity index (χ2v) is 7.62. The van der Waals surface area contributed by atoms with Gasteiger partial charge in [-0.1, -0.05) is 30.3 Å². The summed E-state index contributed by atoms with van der Waals surface area (Å²) >= 11 is 6.67. The number of ether oxygens (including phenoxy) is 2. The summed E-state index contributed by atoms with van der Waals surface area (Å²) in [5.41, 5.74) is 1.28. The van der Waals surface area contributed by atoms with E-state index in [1.165, 1.54) is 30.6 Å². The summed E-state index contributed by atoms with van der Waals surface area (Å²) in [4.78, 5) is 24.2. The third-order valence-electron chi connectivity index (χ3n) is 4.16. The predicted molar refractivity (Wildman–Crippen MR) is 125 cm³/mol. The molecule has 2 aromatic carbocycles. The van der Waals surface area contributed by atoms with Crippen LogP contribution in [0.4, 0.5) is 16.4 Å². The van der Waals surface area contributed by atoms with Gasteiger partial charge in [-0.25, -0.2) is 4.79 Å². The van der Waals surface area contributed by atoms with Crippen LogP contribution >= 0.6 is 23.6 Å². The zero-order valence-corrected chi connectivity index (χ0v) is 18.3. The van der Waals surface area contributed by atoms with Crippen LogP contribution in [0.1, 0.15) is 17.3 Å². The van der Waals surface area contributed by atoms with Crippen molar-refractivity contribution < 1.29 is 19.2 Å². The van der Waals surface area contributed by atoms with Gasteiger partial charge in [0.05, 0.1) is 30.3 Å². The Labute approximate surface area is 188 Å². The highest BCUT2D eigenvalue weighted by atomic mass is 32.1. The molecule has 0 aliphatic rings. The van der Waals surface area contributed by atoms with Crippen LogP contribution in [0.2, 0.25) is 0 Å². The van der Waals surface area contributed by atoms with Crippen molar-refractivity contribution in [3.8, 4) is 16.2 Å². The molecule has 10 heteroatoms. The molecule has 160 valence electrons. The van der Waals surface area contributed by atoms with Crippen LogP contribution in [-0.2, 0) is 4.74 Å². The number of nitro benzene ring substituents is 1. The van der Waals surface area contributed by atoms with Crippen molar-refractivity contribution in [1.82, 2.24) is 0 Å². The van der Waals surface area contributed by atoms with Crippen molar-refractivity contribution in [2.24, 2.45) is 0 Å². The first-order valence-corrected chi connectivity index (χ1v) is 10.4. The lowest BCUT2D eigenvalue weighted by Gasteiger charge is -2.11. The summed E-state index contributed by atoms with van der Waals surface area (Å²) in [6, 6.07) is 15.7. The number of esters is 1. The topological polar surface area (TPSA) is 103 Å². The standard InChI is InChI=1S/C21H19N3O5S2/c1-3-29-20(25)15-12-18(13-7-5-4-6-8-13)31-19(15)23-21(30)22-16-10-9-14(28-2)11-17(16)24(26)27/h4-12H,3H2,1-2H3,(H2,22,23,30). The molecule has 0 unspecified atom stereocenters. The van der Waals surface area contributed by atoms with E-state index >= 15 is 0 Å². The van der Waals surface area contributed by atoms with Crippen LogP contribution in [0.15, 0.2) is 54.6 Å². The first-order chi connectivity index (χ1) is 14.9. The van der Waals surface area contributed by atoms with E-state index in [-0.39, 0.29) is 23.1 Å². The highest BCUT2D eigenvalue weighted by molar-refractivity contribution is 7.80. The lowest BCUT2D eigenvalue weighted by Crippen LogP contribution is -2.20. The third-order valence-corrected chi connectivity index (χ3v) is 5.47. The lowest BCUT2D eigenvalue weighted by atomic mass is 10.1. The number of methoxy groups -OCH3 is 1. The Bertz CT molecular complexity index is 1120. The number of hydrogen-bond donors (Lipinski definition) is 2. The van der Waals surface area contributed by atoms with Crippen molar-refractivity contribution in [3.63, 3.8) is 0 Å². The van der Waals surface area contributed by atoms with Crippen LogP contribution in [0.3, 0.4) is 0 Å². The normalized spacial score (nSPS) is 10.3. The van der Waals surface area contributed by atoms with E-state index in [1.807, 2.05) is 30.3 Å². The zero-order valence-electron chi connectivity index (χ0n) is 16.7. The number of nitrogens with zero attached hydrogens (tertiary/aromatic N) is 1. The molecule has 0 spiro atoms. The number of hydrogen-bond acceptors (Lipinski definition) is 7. The highest BCUT2D eigenvalue weighted by Crippen LogP contribution is 2.36. The SMILES string of the molecule is CCOC(=O)c1cc(-c2ccccc2)sc1NC(=S)Nc1ccc(OC)cc1[N+](=O)[O-]. The highest BCUT2D eigenvalue weighted by Gasteiger charge is 2.21. The molecule has 0 fully saturated rings. The van der Waals surface area contributed by atoms with E-state index in [1.54, 1.807) is 19.1 Å². The first kappa shape index (κ1) is 22.2. The monoisotopic (exact) mass is 457 g/mol. The fourth-order valence-electron chi connectivity index (χ4n) is 2.74. The largest absolute Gasteiger partial charge is 0.496 e. The minimum atomic E-state index is -0.532. The van der Waals surface area contributed by atoms with Crippen molar-refractivity contribution in [1.29, 1.82) is 0 Å². The predicted octanol–water partition coefficient (Wildman–Crippen LogP) is 5.32. The smallest absolute Gasteiger partial charge is 0.341 e. The second-order valence-electron chi connectivity index (χ2n) is 6.16. The summed E-state index contributed by atoms with van der Waals surface area (Å²) in [5.74, 6) is -0.131. The molecule has 1 heterocycles. The number of nitro groups is 1. The number of rotatable bonds is 7. The molecule has 1 aromatic heterocycles. The Morgan fingerprint density at radius 2 is 1.90 bits per heavy atom. The molecule has 3 rings (SSSR count). The molecular formula is C21H19N3O5S2. The number of thiophene rings is 1. The lowest BCUT2D eigenvalue weighted by molar-refractivity contribution is -0.384. The number of carbonyl (C=O) groups excluding carboxylic acids is 1. The zero-order chi connectivity index (χ0) is 22.4. The van der Waals surface area contributed by atoms with Gasteiger partial charge in [0.15, 0.2) is 5.11 Å². The molecule has 8 nitrogen and oxygen atoms in total. The van der Waals surface area contributed by atoms with Crippen LogP contribution in [-0.4, -0.2) is 29.7 Å². The number of nitrogens with one attached hydrogen (secondary N) is 2. The van der Waals surface area contributed by atoms with E-state index in [4.69, 9.17) is 21.7 Å². The number of benzene rings is 2. The Morgan fingerprint density at radius 1 is 1.16 bits per heavy atom. The van der Waals surface area contributed by atoms with Gasteiger partial charge in [-0.05, 0) is 42.9 Å². The molecule has 2 N–H and O–H groups in total. The van der Waals surface area contributed by atoms with E-state index < -0.39 is 10.9 Å². The van der Waals surface area contributed by atoms with Crippen molar-refractivity contribution in [2.45, 2.75) is 6.92 Å². The summed E-state index contributed by atoms with van der Waals surface area (Å²) in [5, 5.41) is 17.8. The molecule has 0 saturated heterocycles. The van der Waals surface area contributed by atoms with Crippen LogP contribution < -0.4 is 15.4 Å². The number of carbonyl (C=O) groups is 1. The Morgan fingerprint density at radius 3 is 2.55 bits per heavy atom. The molecule has 0 bridgehead atoms. The van der Waals surface area contributed by atoms with E-state index in [0.29, 0.717) is 16.3 Å². The summed E-state index contributed by atoms with van der Waals surface area (Å²) in [7, 11) is 1.43. The summed E-state index contributed by atoms with van der Waals surface area (Å²) < 4.78 is 10.2. The average Bonchev–Trinajstić information content (AvgIpc) is 3.18. The van der Waals surface area contributed by atoms with Gasteiger partial charge in [-0.15, -0.1) is 11.3 Å². The van der Waals surface area contributed by atoms with Gasteiger partial charge >= 0.3 is 5.97 Å². The summed E-state index contributed by atoms with van der Waals surface area (Å²) in [6.07, 6.45) is 0. The third kappa shape index (κ3) is 5.36. The van der Waals surface area contributed by atoms with Gasteiger partial charge in [0.2, 0.25) is 0 Å². The van der Waals surface area contributed by atoms with Gasteiger partial charge in [0, 0.05) is 4.88 Å². The van der Waals surface area contributed by atoms with Crippen LogP contribution in [0.25, 0.3) is 10.4 Å². The second kappa shape index (κ2) is 10.0. The average molecular weight is 458 g/mol. The van der Waals surface area contributed by atoms with Crippen molar-refractivity contribution >= 4 is 51.0 Å². The maximum absolute atomic E-state index is 12.4. The maximum atomic E-state index is 12.4. The molecule has 0 aliphatic heterocycles. The van der Waals surface area contributed by atoms with Gasteiger partial charge in [-0.2, -0.15) is 0 Å². The summed E-state index contributed by atoms with van der Waals surface area (Å²) in [6.45, 7) is 1.96. The Hall–Kier alpha value is -3.50. The van der Waals surface area contributed by atoms with Gasteiger partial charge in [0.25, 0.3) is 5.69 Å². The van der Waals surface area contributed by atoms with E-state index in [0.717, 1.165) is 10.4 Å². The molecule has 0 saturated carbocycles. The number of anilines is 2. The van der Waals surface area contributed by atoms with Crippen LogP contribution in [0.5, 0.6) is 5.75 Å². The molecule has 0 aliphatic carbocycles. The molecule has 0 atom stereocenters. The maximum Gasteiger partial charge on any atom is 0.341 e. The van der Waals surface area contributed by atoms with E-state index in [9.17, 15) is 14.9 Å². The molecule has 0 amide bonds. The molecule has 3 aromatic rings. The van der Waals surface area contributed by atoms with Crippen LogP contribution in [0, 0.1) is 10.1 Å².